The van der Waals surface area contributed by atoms with Crippen molar-refractivity contribution in [2.24, 2.45) is 0 Å². The molecule has 40 valence electrons. The summed E-state index contributed by atoms with van der Waals surface area (Å²) < 4.78 is 0. The Labute approximate surface area is 61.6 Å². The van der Waals surface area contributed by atoms with E-state index in [9.17, 15) is 0 Å². The van der Waals surface area contributed by atoms with Gasteiger partial charge >= 0.3 is 35.0 Å². The van der Waals surface area contributed by atoms with Crippen LogP contribution < -0.4 is 0 Å². The van der Waals surface area contributed by atoms with Gasteiger partial charge in [-0.25, -0.2) is 0 Å². The van der Waals surface area contributed by atoms with Crippen molar-refractivity contribution in [3.05, 3.63) is 0 Å². The van der Waals surface area contributed by atoms with Gasteiger partial charge in [0, 0.05) is 17.1 Å². The summed E-state index contributed by atoms with van der Waals surface area (Å²) in [6, 6.07) is 0. The van der Waals surface area contributed by atoms with Crippen molar-refractivity contribution in [1.82, 2.24) is 0 Å². The fourth-order valence-corrected chi connectivity index (χ4v) is 0. The summed E-state index contributed by atoms with van der Waals surface area (Å²) >= 11 is -0.106. The first kappa shape index (κ1) is 15.7. The van der Waals surface area contributed by atoms with Crippen LogP contribution in [0.2, 0.25) is 0 Å². The standard InChI is InChI=1S/2ClH.Fe.H3P.Pd/h2*1H;;1H3;/q;;;;+2/p-2. The van der Waals surface area contributed by atoms with Gasteiger partial charge < -0.3 is 0 Å². The Morgan fingerprint density at radius 2 is 1.20 bits per heavy atom. The van der Waals surface area contributed by atoms with Crippen molar-refractivity contribution in [2.45, 2.75) is 0 Å². The maximum Gasteiger partial charge on any atom is 0 e. The van der Waals surface area contributed by atoms with Crippen molar-refractivity contribution in [1.29, 1.82) is 0 Å². The topological polar surface area (TPSA) is 0 Å². The summed E-state index contributed by atoms with van der Waals surface area (Å²) in [6.45, 7) is 0. The third-order valence-corrected chi connectivity index (χ3v) is 0. The zero-order chi connectivity index (χ0) is 2.71. The minimum atomic E-state index is -0.106. The molecule has 0 saturated heterocycles. The van der Waals surface area contributed by atoms with Crippen molar-refractivity contribution in [3.8, 4) is 0 Å². The van der Waals surface area contributed by atoms with Gasteiger partial charge in [-0.1, -0.05) is 0 Å². The van der Waals surface area contributed by atoms with E-state index >= 15 is 0 Å². The van der Waals surface area contributed by atoms with Crippen LogP contribution in [0.1, 0.15) is 0 Å². The van der Waals surface area contributed by atoms with Gasteiger partial charge in [0.1, 0.15) is 0 Å². The molecule has 0 radical (unpaired) electrons. The molecule has 0 heterocycles. The molecule has 5 heavy (non-hydrogen) atoms. The normalized spacial score (nSPS) is 4.40. The maximum absolute atomic E-state index is 4.81. The summed E-state index contributed by atoms with van der Waals surface area (Å²) in [5, 5.41) is 0. The number of hydrogen-bond donors (Lipinski definition) is 0. The molecule has 5 heteroatoms. The van der Waals surface area contributed by atoms with E-state index in [1.165, 1.54) is 0 Å². The van der Waals surface area contributed by atoms with E-state index in [2.05, 4.69) is 0 Å². The van der Waals surface area contributed by atoms with Gasteiger partial charge in [0.2, 0.25) is 0 Å². The van der Waals surface area contributed by atoms with Gasteiger partial charge in [-0.15, -0.1) is 0 Å². The summed E-state index contributed by atoms with van der Waals surface area (Å²) in [4.78, 5) is 0. The molecule has 0 aliphatic rings. The molecule has 0 aromatic rings. The van der Waals surface area contributed by atoms with Crippen molar-refractivity contribution in [2.75, 3.05) is 0 Å². The fourth-order valence-electron chi connectivity index (χ4n) is 0. The summed E-state index contributed by atoms with van der Waals surface area (Å²) in [5.41, 5.74) is 0. The molecule has 1 atom stereocenters. The van der Waals surface area contributed by atoms with Crippen LogP contribution in [0.3, 0.4) is 0 Å². The molecule has 0 aliphatic carbocycles. The molecule has 0 saturated carbocycles. The first-order valence-corrected chi connectivity index (χ1v) is 4.24. The molecule has 0 aromatic carbocycles. The number of halogens is 2. The van der Waals surface area contributed by atoms with E-state index in [0.717, 1.165) is 0 Å². The van der Waals surface area contributed by atoms with Crippen LogP contribution in [-0.4, -0.2) is 0 Å². The van der Waals surface area contributed by atoms with Crippen molar-refractivity contribution >= 4 is 29.0 Å². The SMILES string of the molecule is P.[Cl][Pd][Cl].[Fe]. The Bertz CT molecular complexity index is 9.61. The van der Waals surface area contributed by atoms with Crippen LogP contribution in [0.15, 0.2) is 0 Å². The van der Waals surface area contributed by atoms with Crippen LogP contribution >= 0.6 is 29.0 Å². The Morgan fingerprint density at radius 3 is 1.20 bits per heavy atom. The molecule has 0 rings (SSSR count). The molecule has 0 aromatic heterocycles. The predicted octanol–water partition coefficient (Wildman–Crippen LogP) is 1.43. The second-order valence-corrected chi connectivity index (χ2v) is 2.41. The zero-order valence-electron chi connectivity index (χ0n) is 2.13. The fraction of sp³-hybridized carbons (Fsp3) is 0. The second-order valence-electron chi connectivity index (χ2n) is 0.0452. The van der Waals surface area contributed by atoms with E-state index in [1.54, 1.807) is 0 Å². The second kappa shape index (κ2) is 16.4. The minimum Gasteiger partial charge on any atom is 0 e. The first-order chi connectivity index (χ1) is 1.41. The van der Waals surface area contributed by atoms with E-state index in [4.69, 9.17) is 19.1 Å². The number of rotatable bonds is 0. The monoisotopic (exact) mass is 266 g/mol. The minimum absolute atomic E-state index is 0. The average Bonchev–Trinajstić information content (AvgIpc) is 0.918. The van der Waals surface area contributed by atoms with Gasteiger partial charge in [0.25, 0.3) is 0 Å². The third-order valence-electron chi connectivity index (χ3n) is 0. The smallest absolute Gasteiger partial charge is 0 e. The van der Waals surface area contributed by atoms with Crippen molar-refractivity contribution in [3.63, 3.8) is 0 Å². The van der Waals surface area contributed by atoms with E-state index < -0.39 is 0 Å². The molecular weight excluding hydrogens is 264 g/mol. The molecule has 0 nitrogen and oxygen atoms in total. The predicted molar refractivity (Wildman–Crippen MR) is 22.8 cm³/mol. The molecule has 0 bridgehead atoms. The van der Waals surface area contributed by atoms with E-state index in [1.807, 2.05) is 0 Å². The Kier molecular flexibility index (Phi) is 51.4. The first-order valence-electron chi connectivity index (χ1n) is 0.239. The maximum atomic E-state index is 4.81. The van der Waals surface area contributed by atoms with Gasteiger partial charge in [0.15, 0.2) is 0 Å². The Balaban J connectivity index is -0.0000000200. The largest absolute Gasteiger partial charge is 0 e. The van der Waals surface area contributed by atoms with Crippen molar-refractivity contribution < 1.29 is 33.0 Å². The molecule has 1 unspecified atom stereocenters. The van der Waals surface area contributed by atoms with Crippen LogP contribution in [0.25, 0.3) is 0 Å². The zero-order valence-corrected chi connectivity index (χ0v) is 7.72. The molecule has 0 fully saturated rings. The molecule has 0 aliphatic heterocycles. The van der Waals surface area contributed by atoms with Gasteiger partial charge in [0.05, 0.1) is 0 Å². The van der Waals surface area contributed by atoms with Crippen LogP contribution in [0.4, 0.5) is 0 Å². The average molecular weight is 267 g/mol. The van der Waals surface area contributed by atoms with Gasteiger partial charge in [-0.05, 0) is 0 Å². The van der Waals surface area contributed by atoms with Gasteiger partial charge in [-0.2, -0.15) is 9.90 Å². The summed E-state index contributed by atoms with van der Waals surface area (Å²) in [6.07, 6.45) is 0. The Hall–Kier alpha value is 2.19. The van der Waals surface area contributed by atoms with Crippen LogP contribution in [0.5, 0.6) is 0 Å². The summed E-state index contributed by atoms with van der Waals surface area (Å²) in [5.74, 6) is 0. The van der Waals surface area contributed by atoms with E-state index in [0.29, 0.717) is 0 Å². The quantitative estimate of drug-likeness (QED) is 0.460. The summed E-state index contributed by atoms with van der Waals surface area (Å²) in [7, 11) is 9.63. The van der Waals surface area contributed by atoms with Crippen LogP contribution in [0, 0.1) is 0 Å². The molecular formula is H3Cl2FePPd. The van der Waals surface area contributed by atoms with Crippen LogP contribution in [-0.2, 0) is 33.0 Å². The third kappa shape index (κ3) is 22.6. The molecule has 0 spiro atoms. The number of hydrogen-bond acceptors (Lipinski definition) is 0. The van der Waals surface area contributed by atoms with Gasteiger partial charge in [-0.3, -0.25) is 0 Å². The molecule has 0 N–H and O–H groups in total. The van der Waals surface area contributed by atoms with E-state index in [-0.39, 0.29) is 42.9 Å². The molecule has 0 amide bonds. The Morgan fingerprint density at radius 1 is 1.20 bits per heavy atom.